The van der Waals surface area contributed by atoms with E-state index in [4.69, 9.17) is 17.3 Å². The number of aromatic nitrogens is 1. The van der Waals surface area contributed by atoms with Crippen molar-refractivity contribution in [1.82, 2.24) is 4.98 Å². The predicted molar refractivity (Wildman–Crippen MR) is 43.4 cm³/mol. The number of hydrogen-bond donors (Lipinski definition) is 1. The van der Waals surface area contributed by atoms with E-state index in [1.807, 2.05) is 0 Å². The van der Waals surface area contributed by atoms with Crippen molar-refractivity contribution >= 4 is 23.6 Å². The van der Waals surface area contributed by atoms with Gasteiger partial charge in [-0.05, 0) is 11.6 Å². The van der Waals surface area contributed by atoms with E-state index in [-0.39, 0.29) is 6.42 Å². The van der Waals surface area contributed by atoms with Crippen molar-refractivity contribution in [3.8, 4) is 0 Å². The summed E-state index contributed by atoms with van der Waals surface area (Å²) in [5, 5.41) is 0.357. The van der Waals surface area contributed by atoms with Crippen LogP contribution in [0.3, 0.4) is 0 Å². The van der Waals surface area contributed by atoms with E-state index in [1.165, 1.54) is 6.20 Å². The molecular weight excluding hydrogens is 164 g/mol. The summed E-state index contributed by atoms with van der Waals surface area (Å²) in [5.41, 5.74) is 6.72. The van der Waals surface area contributed by atoms with Crippen molar-refractivity contribution in [1.29, 1.82) is 0 Å². The molecule has 0 aliphatic carbocycles. The molecule has 0 radical (unpaired) electrons. The van der Waals surface area contributed by atoms with E-state index in [0.717, 1.165) is 11.8 Å². The molecule has 0 aliphatic rings. The van der Waals surface area contributed by atoms with Crippen LogP contribution in [0.4, 0.5) is 5.69 Å². The summed E-state index contributed by atoms with van der Waals surface area (Å²) in [5.74, 6) is 0. The van der Waals surface area contributed by atoms with Crippen LogP contribution >= 0.6 is 11.6 Å². The highest BCUT2D eigenvalue weighted by Crippen LogP contribution is 2.14. The second kappa shape index (κ2) is 3.34. The second-order valence-corrected chi connectivity index (χ2v) is 2.46. The Morgan fingerprint density at radius 1 is 1.73 bits per heavy atom. The molecule has 2 N–H and O–H groups in total. The van der Waals surface area contributed by atoms with E-state index in [1.54, 1.807) is 6.07 Å². The van der Waals surface area contributed by atoms with Gasteiger partial charge in [0.15, 0.2) is 0 Å². The Balaban J connectivity index is 3.01. The van der Waals surface area contributed by atoms with Crippen molar-refractivity contribution in [3.63, 3.8) is 0 Å². The first-order valence-corrected chi connectivity index (χ1v) is 3.45. The van der Waals surface area contributed by atoms with Crippen LogP contribution in [0.5, 0.6) is 0 Å². The summed E-state index contributed by atoms with van der Waals surface area (Å²) in [4.78, 5) is 13.9. The SMILES string of the molecule is Nc1cnc(Cl)cc1CC=O. The second-order valence-electron chi connectivity index (χ2n) is 2.08. The monoisotopic (exact) mass is 170 g/mol. The van der Waals surface area contributed by atoms with Gasteiger partial charge in [-0.15, -0.1) is 0 Å². The highest BCUT2D eigenvalue weighted by atomic mass is 35.5. The molecule has 1 rings (SSSR count). The molecule has 1 aromatic heterocycles. The first-order valence-electron chi connectivity index (χ1n) is 3.07. The number of hydrogen-bond acceptors (Lipinski definition) is 3. The number of carbonyl (C=O) groups is 1. The topological polar surface area (TPSA) is 56.0 Å². The quantitative estimate of drug-likeness (QED) is 0.534. The third-order valence-electron chi connectivity index (χ3n) is 1.29. The van der Waals surface area contributed by atoms with Crippen molar-refractivity contribution in [3.05, 3.63) is 23.0 Å². The molecule has 0 aromatic carbocycles. The molecule has 0 spiro atoms. The van der Waals surface area contributed by atoms with E-state index in [9.17, 15) is 4.79 Å². The smallest absolute Gasteiger partial charge is 0.129 e. The van der Waals surface area contributed by atoms with Gasteiger partial charge in [-0.25, -0.2) is 4.98 Å². The molecule has 4 heteroatoms. The van der Waals surface area contributed by atoms with E-state index in [0.29, 0.717) is 10.8 Å². The van der Waals surface area contributed by atoms with Crippen LogP contribution in [0.1, 0.15) is 5.56 Å². The van der Waals surface area contributed by atoms with Gasteiger partial charge in [-0.3, -0.25) is 0 Å². The molecule has 0 saturated carbocycles. The van der Waals surface area contributed by atoms with Crippen LogP contribution in [0.2, 0.25) is 5.15 Å². The molecular formula is C7H7ClN2O. The molecule has 0 fully saturated rings. The van der Waals surface area contributed by atoms with Gasteiger partial charge < -0.3 is 10.5 Å². The number of nitrogens with two attached hydrogens (primary N) is 1. The maximum atomic E-state index is 10.1. The molecule has 0 bridgehead atoms. The molecule has 0 atom stereocenters. The minimum Gasteiger partial charge on any atom is -0.397 e. The van der Waals surface area contributed by atoms with Gasteiger partial charge in [0.05, 0.1) is 11.9 Å². The van der Waals surface area contributed by atoms with Crippen LogP contribution in [0, 0.1) is 0 Å². The molecule has 0 saturated heterocycles. The van der Waals surface area contributed by atoms with E-state index < -0.39 is 0 Å². The van der Waals surface area contributed by atoms with E-state index in [2.05, 4.69) is 4.98 Å². The molecule has 1 heterocycles. The van der Waals surface area contributed by atoms with Gasteiger partial charge in [0.25, 0.3) is 0 Å². The maximum absolute atomic E-state index is 10.1. The van der Waals surface area contributed by atoms with Gasteiger partial charge >= 0.3 is 0 Å². The highest BCUT2D eigenvalue weighted by Gasteiger charge is 1.99. The average molecular weight is 171 g/mol. The lowest BCUT2D eigenvalue weighted by Crippen LogP contribution is -1.96. The number of carbonyl (C=O) groups excluding carboxylic acids is 1. The summed E-state index contributed by atoms with van der Waals surface area (Å²) >= 11 is 5.57. The summed E-state index contributed by atoms with van der Waals surface area (Å²) < 4.78 is 0. The Hall–Kier alpha value is -1.09. The number of nitrogen functional groups attached to an aromatic ring is 1. The number of rotatable bonds is 2. The molecule has 0 unspecified atom stereocenters. The Kier molecular flexibility index (Phi) is 2.44. The zero-order valence-corrected chi connectivity index (χ0v) is 6.51. The zero-order chi connectivity index (χ0) is 8.27. The van der Waals surface area contributed by atoms with Crippen LogP contribution in [-0.2, 0) is 11.2 Å². The van der Waals surface area contributed by atoms with Crippen LogP contribution in [0.15, 0.2) is 12.3 Å². The van der Waals surface area contributed by atoms with Gasteiger partial charge in [0.1, 0.15) is 11.4 Å². The first-order chi connectivity index (χ1) is 5.24. The summed E-state index contributed by atoms with van der Waals surface area (Å²) in [6, 6.07) is 1.59. The molecule has 0 aliphatic heterocycles. The number of aldehydes is 1. The molecule has 1 aromatic rings. The van der Waals surface area contributed by atoms with Gasteiger partial charge in [-0.2, -0.15) is 0 Å². The largest absolute Gasteiger partial charge is 0.397 e. The average Bonchev–Trinajstić information content (AvgIpc) is 1.98. The van der Waals surface area contributed by atoms with Crippen molar-refractivity contribution in [2.45, 2.75) is 6.42 Å². The third-order valence-corrected chi connectivity index (χ3v) is 1.50. The lowest BCUT2D eigenvalue weighted by molar-refractivity contribution is -0.107. The lowest BCUT2D eigenvalue weighted by atomic mass is 10.2. The Morgan fingerprint density at radius 2 is 2.45 bits per heavy atom. The fourth-order valence-corrected chi connectivity index (χ4v) is 0.926. The van der Waals surface area contributed by atoms with Crippen molar-refractivity contribution in [2.75, 3.05) is 5.73 Å². The van der Waals surface area contributed by atoms with E-state index >= 15 is 0 Å². The fourth-order valence-electron chi connectivity index (χ4n) is 0.745. The Morgan fingerprint density at radius 3 is 3.09 bits per heavy atom. The normalized spacial score (nSPS) is 9.55. The first kappa shape index (κ1) is 8.01. The Bertz CT molecular complexity index is 275. The van der Waals surface area contributed by atoms with Crippen LogP contribution < -0.4 is 5.73 Å². The highest BCUT2D eigenvalue weighted by molar-refractivity contribution is 6.29. The third kappa shape index (κ3) is 1.91. The molecule has 11 heavy (non-hydrogen) atoms. The van der Waals surface area contributed by atoms with Gasteiger partial charge in [-0.1, -0.05) is 11.6 Å². The number of anilines is 1. The van der Waals surface area contributed by atoms with Crippen molar-refractivity contribution in [2.24, 2.45) is 0 Å². The number of pyridine rings is 1. The van der Waals surface area contributed by atoms with Crippen LogP contribution in [-0.4, -0.2) is 11.3 Å². The maximum Gasteiger partial charge on any atom is 0.129 e. The van der Waals surface area contributed by atoms with Gasteiger partial charge in [0.2, 0.25) is 0 Å². The summed E-state index contributed by atoms with van der Waals surface area (Å²) in [6.07, 6.45) is 2.51. The summed E-state index contributed by atoms with van der Waals surface area (Å²) in [6.45, 7) is 0. The minimum absolute atomic E-state index is 0.286. The molecule has 0 amide bonds. The molecule has 58 valence electrons. The molecule has 3 nitrogen and oxygen atoms in total. The fraction of sp³-hybridized carbons (Fsp3) is 0.143. The standard InChI is InChI=1S/C7H7ClN2O/c8-7-3-5(1-2-11)6(9)4-10-7/h2-4H,1,9H2. The number of halogens is 1. The number of nitrogens with zero attached hydrogens (tertiary/aromatic N) is 1. The van der Waals surface area contributed by atoms with Crippen LogP contribution in [0.25, 0.3) is 0 Å². The summed E-state index contributed by atoms with van der Waals surface area (Å²) in [7, 11) is 0. The lowest BCUT2D eigenvalue weighted by Gasteiger charge is -1.99. The Labute approximate surface area is 69.2 Å². The van der Waals surface area contributed by atoms with Crippen molar-refractivity contribution < 1.29 is 4.79 Å². The zero-order valence-electron chi connectivity index (χ0n) is 5.75. The predicted octanol–water partition coefficient (Wildman–Crippen LogP) is 1.06. The van der Waals surface area contributed by atoms with Gasteiger partial charge in [0, 0.05) is 6.42 Å². The minimum atomic E-state index is 0.286.